The average molecular weight is 356 g/mol. The summed E-state index contributed by atoms with van der Waals surface area (Å²) in [4.78, 5) is 15.0. The molecule has 5 nitrogen and oxygen atoms in total. The highest BCUT2D eigenvalue weighted by Gasteiger charge is 2.08. The van der Waals surface area contributed by atoms with Crippen molar-refractivity contribution in [3.63, 3.8) is 0 Å². The first kappa shape index (κ1) is 18.4. The zero-order chi connectivity index (χ0) is 16.9. The van der Waals surface area contributed by atoms with Crippen LogP contribution in [0, 0.1) is 10.1 Å². The van der Waals surface area contributed by atoms with Gasteiger partial charge in [-0.25, -0.2) is 0 Å². The molecule has 0 saturated carbocycles. The highest BCUT2D eigenvalue weighted by molar-refractivity contribution is 5.90. The number of nitrogens with zero attached hydrogens (tertiary/aromatic N) is 3. The van der Waals surface area contributed by atoms with Crippen LogP contribution in [0.4, 0.5) is 5.69 Å². The number of halogens is 1. The molecule has 0 radical (unpaired) electrons. The topological polar surface area (TPSA) is 60.4 Å². The first-order valence-electron chi connectivity index (χ1n) is 7.61. The summed E-state index contributed by atoms with van der Waals surface area (Å²) in [5, 5.41) is 12.1. The molecule has 0 amide bonds. The van der Waals surface area contributed by atoms with Gasteiger partial charge in [0.05, 0.1) is 22.7 Å². The van der Waals surface area contributed by atoms with Crippen molar-refractivity contribution in [1.29, 1.82) is 0 Å². The van der Waals surface area contributed by atoms with Crippen molar-refractivity contribution in [2.75, 3.05) is 6.54 Å². The lowest BCUT2D eigenvalue weighted by Crippen LogP contribution is -1.94. The maximum Gasteiger partial charge on any atom is 0.276 e. The van der Waals surface area contributed by atoms with E-state index in [9.17, 15) is 10.1 Å². The Morgan fingerprint density at radius 2 is 1.88 bits per heavy atom. The summed E-state index contributed by atoms with van der Waals surface area (Å²) in [7, 11) is 2.01. The van der Waals surface area contributed by atoms with Crippen LogP contribution >= 0.6 is 12.4 Å². The standard InChI is InChI=1S/C19H17N3O2.ClH/c1-21-17(13-16-8-3-4-10-18(16)21)14-20-12-6-9-15-7-2-5-11-19(15)22(23)24;/h2-11,13-14H,12H2,1H3;1H/b9-6+,20-14?;. The Labute approximate surface area is 151 Å². The van der Waals surface area contributed by atoms with Crippen molar-refractivity contribution < 1.29 is 4.92 Å². The van der Waals surface area contributed by atoms with Gasteiger partial charge in [0, 0.05) is 30.2 Å². The summed E-state index contributed by atoms with van der Waals surface area (Å²) in [6.45, 7) is 0.466. The fraction of sp³-hybridized carbons (Fsp3) is 0.105. The Kier molecular flexibility index (Phi) is 6.08. The molecule has 3 rings (SSSR count). The zero-order valence-electron chi connectivity index (χ0n) is 13.7. The molecule has 6 heteroatoms. The molecule has 3 aromatic rings. The smallest absolute Gasteiger partial charge is 0.276 e. The van der Waals surface area contributed by atoms with E-state index in [0.717, 1.165) is 11.2 Å². The second-order valence-corrected chi connectivity index (χ2v) is 5.40. The molecule has 0 atom stereocenters. The van der Waals surface area contributed by atoms with E-state index in [4.69, 9.17) is 0 Å². The lowest BCUT2D eigenvalue weighted by atomic mass is 10.1. The van der Waals surface area contributed by atoms with Crippen LogP contribution in [-0.2, 0) is 7.05 Å². The van der Waals surface area contributed by atoms with Crippen LogP contribution in [0.3, 0.4) is 0 Å². The Bertz CT molecular complexity index is 945. The Morgan fingerprint density at radius 1 is 1.16 bits per heavy atom. The summed E-state index contributed by atoms with van der Waals surface area (Å²) in [6.07, 6.45) is 5.38. The van der Waals surface area contributed by atoms with Crippen molar-refractivity contribution in [3.05, 3.63) is 82.0 Å². The molecule has 2 aromatic carbocycles. The van der Waals surface area contributed by atoms with Crippen molar-refractivity contribution in [2.45, 2.75) is 0 Å². The monoisotopic (exact) mass is 355 g/mol. The number of aryl methyl sites for hydroxylation is 1. The number of aliphatic imine (C=N–C) groups is 1. The van der Waals surface area contributed by atoms with Crippen LogP contribution < -0.4 is 0 Å². The quantitative estimate of drug-likeness (QED) is 0.380. The van der Waals surface area contributed by atoms with Crippen LogP contribution in [-0.4, -0.2) is 22.2 Å². The van der Waals surface area contributed by atoms with E-state index in [1.807, 2.05) is 31.5 Å². The van der Waals surface area contributed by atoms with Gasteiger partial charge in [-0.1, -0.05) is 42.5 Å². The van der Waals surface area contributed by atoms with Crippen LogP contribution in [0.15, 0.2) is 65.7 Å². The van der Waals surface area contributed by atoms with Gasteiger partial charge in [0.15, 0.2) is 0 Å². The van der Waals surface area contributed by atoms with E-state index in [0.29, 0.717) is 12.1 Å². The predicted molar refractivity (Wildman–Crippen MR) is 105 cm³/mol. The Balaban J connectivity index is 0.00000225. The zero-order valence-corrected chi connectivity index (χ0v) is 14.5. The Morgan fingerprint density at radius 3 is 2.64 bits per heavy atom. The molecule has 0 aliphatic rings. The van der Waals surface area contributed by atoms with Crippen molar-refractivity contribution in [1.82, 2.24) is 4.57 Å². The maximum absolute atomic E-state index is 11.0. The van der Waals surface area contributed by atoms with E-state index < -0.39 is 0 Å². The fourth-order valence-corrected chi connectivity index (χ4v) is 2.62. The molecule has 0 bridgehead atoms. The number of rotatable bonds is 5. The predicted octanol–water partition coefficient (Wildman–Crippen LogP) is 4.64. The number of nitro benzene ring substituents is 1. The third kappa shape index (κ3) is 4.14. The number of hydrogen-bond donors (Lipinski definition) is 0. The molecule has 0 aliphatic heterocycles. The summed E-state index contributed by atoms with van der Waals surface area (Å²) in [5.74, 6) is 0. The largest absolute Gasteiger partial charge is 0.343 e. The highest BCUT2D eigenvalue weighted by Crippen LogP contribution is 2.19. The van der Waals surface area contributed by atoms with Gasteiger partial charge in [-0.15, -0.1) is 12.4 Å². The summed E-state index contributed by atoms with van der Waals surface area (Å²) in [6, 6.07) is 16.9. The number of aromatic nitrogens is 1. The third-order valence-corrected chi connectivity index (χ3v) is 3.85. The van der Waals surface area contributed by atoms with Crippen molar-refractivity contribution in [2.24, 2.45) is 12.0 Å². The van der Waals surface area contributed by atoms with Crippen molar-refractivity contribution in [3.8, 4) is 0 Å². The van der Waals surface area contributed by atoms with Crippen LogP contribution in [0.25, 0.3) is 17.0 Å². The first-order chi connectivity index (χ1) is 11.7. The van der Waals surface area contributed by atoms with Gasteiger partial charge < -0.3 is 4.57 Å². The molecule has 0 N–H and O–H groups in total. The summed E-state index contributed by atoms with van der Waals surface area (Å²) < 4.78 is 2.09. The van der Waals surface area contributed by atoms with Crippen LogP contribution in [0.5, 0.6) is 0 Å². The van der Waals surface area contributed by atoms with Gasteiger partial charge in [-0.05, 0) is 18.2 Å². The molecule has 0 aliphatic carbocycles. The summed E-state index contributed by atoms with van der Waals surface area (Å²) >= 11 is 0. The molecule has 1 aromatic heterocycles. The average Bonchev–Trinajstić information content (AvgIpc) is 2.91. The van der Waals surface area contributed by atoms with Gasteiger partial charge in [0.2, 0.25) is 0 Å². The van der Waals surface area contributed by atoms with E-state index in [1.54, 1.807) is 24.3 Å². The van der Waals surface area contributed by atoms with Gasteiger partial charge >= 0.3 is 0 Å². The molecule has 0 unspecified atom stereocenters. The van der Waals surface area contributed by atoms with Gasteiger partial charge in [-0.2, -0.15) is 0 Å². The maximum atomic E-state index is 11.0. The molecule has 25 heavy (non-hydrogen) atoms. The lowest BCUT2D eigenvalue weighted by molar-refractivity contribution is -0.385. The minimum Gasteiger partial charge on any atom is -0.343 e. The van der Waals surface area contributed by atoms with Gasteiger partial charge in [-0.3, -0.25) is 15.1 Å². The number of fused-ring (bicyclic) bond motifs is 1. The van der Waals surface area contributed by atoms with Gasteiger partial charge in [0.25, 0.3) is 5.69 Å². The molecule has 128 valence electrons. The van der Waals surface area contributed by atoms with E-state index in [2.05, 4.69) is 27.8 Å². The minimum absolute atomic E-state index is 0. The first-order valence-corrected chi connectivity index (χ1v) is 7.61. The van der Waals surface area contributed by atoms with Crippen LogP contribution in [0.1, 0.15) is 11.3 Å². The number of nitro groups is 1. The van der Waals surface area contributed by atoms with Crippen LogP contribution in [0.2, 0.25) is 0 Å². The van der Waals surface area contributed by atoms with Crippen molar-refractivity contribution >= 4 is 41.3 Å². The van der Waals surface area contributed by atoms with Gasteiger partial charge in [0.1, 0.15) is 0 Å². The van der Waals surface area contributed by atoms with E-state index in [-0.39, 0.29) is 23.0 Å². The van der Waals surface area contributed by atoms with E-state index in [1.165, 1.54) is 11.5 Å². The normalized spacial score (nSPS) is 11.2. The second-order valence-electron chi connectivity index (χ2n) is 5.40. The molecular weight excluding hydrogens is 338 g/mol. The highest BCUT2D eigenvalue weighted by atomic mass is 35.5. The number of hydrogen-bond acceptors (Lipinski definition) is 3. The molecular formula is C19H18ClN3O2. The lowest BCUT2D eigenvalue weighted by Gasteiger charge is -1.98. The summed E-state index contributed by atoms with van der Waals surface area (Å²) in [5.41, 5.74) is 2.87. The molecule has 0 fully saturated rings. The minimum atomic E-state index is -0.377. The molecule has 0 saturated heterocycles. The second kappa shape index (κ2) is 8.26. The molecule has 0 spiro atoms. The fourth-order valence-electron chi connectivity index (χ4n) is 2.62. The molecule has 1 heterocycles. The Hall–Kier alpha value is -2.92. The number of para-hydroxylation sites is 2. The van der Waals surface area contributed by atoms with E-state index >= 15 is 0 Å². The third-order valence-electron chi connectivity index (χ3n) is 3.85. The number of benzene rings is 2. The SMILES string of the molecule is Cl.Cn1c(C=NC/C=C/c2ccccc2[N+](=O)[O-])cc2ccccc21.